The fourth-order valence-electron chi connectivity index (χ4n) is 2.40. The molecule has 0 aliphatic carbocycles. The average Bonchev–Trinajstić information content (AvgIpc) is 2.77. The first-order chi connectivity index (χ1) is 9.20. The number of piperidine rings is 1. The topological polar surface area (TPSA) is 73.2 Å². The first kappa shape index (κ1) is 11.7. The van der Waals surface area contributed by atoms with Crippen LogP contribution >= 0.6 is 0 Å². The molecule has 1 saturated heterocycles. The van der Waals surface area contributed by atoms with Crippen LogP contribution in [0.3, 0.4) is 0 Å². The van der Waals surface area contributed by atoms with Crippen molar-refractivity contribution in [3.63, 3.8) is 0 Å². The summed E-state index contributed by atoms with van der Waals surface area (Å²) in [5, 5.41) is 2.35. The number of amides is 2. The summed E-state index contributed by atoms with van der Waals surface area (Å²) in [5.41, 5.74) is 1.60. The number of methoxy groups -OCH3 is 1. The zero-order chi connectivity index (χ0) is 13.4. The number of imide groups is 1. The summed E-state index contributed by atoms with van der Waals surface area (Å²) in [6.07, 6.45) is 0.785. The molecule has 1 fully saturated rings. The number of imidazole rings is 1. The summed E-state index contributed by atoms with van der Waals surface area (Å²) in [6.45, 7) is 0. The minimum absolute atomic E-state index is 0.232. The first-order valence-corrected chi connectivity index (χ1v) is 6.05. The highest BCUT2D eigenvalue weighted by atomic mass is 16.5. The lowest BCUT2D eigenvalue weighted by Crippen LogP contribution is -2.41. The molecular formula is C13H13N3O3. The van der Waals surface area contributed by atoms with E-state index < -0.39 is 6.04 Å². The number of nitrogens with one attached hydrogen (secondary N) is 1. The van der Waals surface area contributed by atoms with Gasteiger partial charge in [-0.3, -0.25) is 19.5 Å². The fraction of sp³-hybridized carbons (Fsp3) is 0.308. The van der Waals surface area contributed by atoms with E-state index in [1.807, 2.05) is 24.3 Å². The Balaban J connectivity index is 2.13. The number of para-hydroxylation sites is 2. The molecule has 1 N–H and O–H groups in total. The predicted octanol–water partition coefficient (Wildman–Crippen LogP) is 1.02. The van der Waals surface area contributed by atoms with E-state index >= 15 is 0 Å². The second-order valence-corrected chi connectivity index (χ2v) is 4.42. The van der Waals surface area contributed by atoms with E-state index in [0.29, 0.717) is 18.9 Å². The lowest BCUT2D eigenvalue weighted by Gasteiger charge is -2.23. The number of aromatic nitrogens is 2. The number of nitrogens with zero attached hydrogens (tertiary/aromatic N) is 2. The molecule has 0 saturated carbocycles. The number of rotatable bonds is 2. The van der Waals surface area contributed by atoms with E-state index in [9.17, 15) is 9.59 Å². The third-order valence-electron chi connectivity index (χ3n) is 3.27. The number of carbonyl (C=O) groups is 2. The van der Waals surface area contributed by atoms with E-state index in [1.165, 1.54) is 7.11 Å². The maximum atomic E-state index is 12.0. The van der Waals surface area contributed by atoms with Gasteiger partial charge >= 0.3 is 0 Å². The minimum Gasteiger partial charge on any atom is -0.468 e. The van der Waals surface area contributed by atoms with Crippen LogP contribution in [0.5, 0.6) is 6.01 Å². The molecule has 0 bridgehead atoms. The zero-order valence-corrected chi connectivity index (χ0v) is 10.4. The van der Waals surface area contributed by atoms with E-state index in [1.54, 1.807) is 4.57 Å². The van der Waals surface area contributed by atoms with Crippen molar-refractivity contribution in [2.24, 2.45) is 0 Å². The highest BCUT2D eigenvalue weighted by Gasteiger charge is 2.31. The van der Waals surface area contributed by atoms with E-state index in [0.717, 1.165) is 11.0 Å². The van der Waals surface area contributed by atoms with Crippen LogP contribution in [0.2, 0.25) is 0 Å². The molecule has 1 atom stereocenters. The van der Waals surface area contributed by atoms with Gasteiger partial charge in [-0.25, -0.2) is 0 Å². The number of fused-ring (bicyclic) bond motifs is 1. The third kappa shape index (κ3) is 1.85. The highest BCUT2D eigenvalue weighted by molar-refractivity contribution is 6.00. The van der Waals surface area contributed by atoms with Gasteiger partial charge in [0, 0.05) is 6.42 Å². The lowest BCUT2D eigenvalue weighted by atomic mass is 10.1. The third-order valence-corrected chi connectivity index (χ3v) is 3.27. The van der Waals surface area contributed by atoms with Gasteiger partial charge < -0.3 is 4.74 Å². The number of carbonyl (C=O) groups excluding carboxylic acids is 2. The van der Waals surface area contributed by atoms with Gasteiger partial charge in [-0.05, 0) is 18.6 Å². The van der Waals surface area contributed by atoms with Crippen molar-refractivity contribution in [1.29, 1.82) is 0 Å². The Kier molecular flexibility index (Phi) is 2.70. The van der Waals surface area contributed by atoms with Crippen LogP contribution in [-0.4, -0.2) is 28.5 Å². The highest BCUT2D eigenvalue weighted by Crippen LogP contribution is 2.29. The van der Waals surface area contributed by atoms with Crippen LogP contribution in [0, 0.1) is 0 Å². The molecule has 19 heavy (non-hydrogen) atoms. The van der Waals surface area contributed by atoms with Crippen LogP contribution in [0.1, 0.15) is 18.9 Å². The molecule has 6 heteroatoms. The summed E-state index contributed by atoms with van der Waals surface area (Å²) < 4.78 is 6.99. The van der Waals surface area contributed by atoms with Crippen LogP contribution in [0.25, 0.3) is 11.0 Å². The normalized spacial score (nSPS) is 19.5. The van der Waals surface area contributed by atoms with Crippen LogP contribution in [0.15, 0.2) is 24.3 Å². The standard InChI is InChI=1S/C13H13N3O3/c1-19-13-14-8-4-2-3-5-9(8)16(13)10-6-7-11(17)15-12(10)18/h2-5,10H,6-7H2,1H3,(H,15,17,18). The maximum Gasteiger partial charge on any atom is 0.297 e. The second-order valence-electron chi connectivity index (χ2n) is 4.42. The summed E-state index contributed by atoms with van der Waals surface area (Å²) in [5.74, 6) is -0.539. The van der Waals surface area contributed by atoms with Crippen LogP contribution in [-0.2, 0) is 9.59 Å². The van der Waals surface area contributed by atoms with Crippen molar-refractivity contribution in [1.82, 2.24) is 14.9 Å². The van der Waals surface area contributed by atoms with Crippen LogP contribution in [0.4, 0.5) is 0 Å². The molecule has 0 radical (unpaired) electrons. The monoisotopic (exact) mass is 259 g/mol. The molecule has 1 aliphatic rings. The van der Waals surface area contributed by atoms with Gasteiger partial charge in [0.25, 0.3) is 6.01 Å². The van der Waals surface area contributed by atoms with Crippen molar-refractivity contribution in [2.75, 3.05) is 7.11 Å². The largest absolute Gasteiger partial charge is 0.468 e. The molecule has 6 nitrogen and oxygen atoms in total. The van der Waals surface area contributed by atoms with E-state index in [4.69, 9.17) is 4.74 Å². The molecule has 1 unspecified atom stereocenters. The van der Waals surface area contributed by atoms with Crippen LogP contribution < -0.4 is 10.1 Å². The molecule has 1 aromatic heterocycles. The lowest BCUT2D eigenvalue weighted by molar-refractivity contribution is -0.135. The minimum atomic E-state index is -0.458. The molecule has 2 aromatic rings. The van der Waals surface area contributed by atoms with Gasteiger partial charge in [0.2, 0.25) is 11.8 Å². The first-order valence-electron chi connectivity index (χ1n) is 6.05. The summed E-state index contributed by atoms with van der Waals surface area (Å²) in [6, 6.07) is 7.43. The van der Waals surface area contributed by atoms with Crippen molar-refractivity contribution >= 4 is 22.8 Å². The Morgan fingerprint density at radius 2 is 2.16 bits per heavy atom. The Hall–Kier alpha value is -2.37. The van der Waals surface area contributed by atoms with Gasteiger partial charge in [-0.15, -0.1) is 0 Å². The van der Waals surface area contributed by atoms with Gasteiger partial charge in [0.15, 0.2) is 0 Å². The van der Waals surface area contributed by atoms with Crippen molar-refractivity contribution < 1.29 is 14.3 Å². The Bertz CT molecular complexity index is 662. The van der Waals surface area contributed by atoms with Gasteiger partial charge in [0.05, 0.1) is 18.1 Å². The fourth-order valence-corrected chi connectivity index (χ4v) is 2.40. The van der Waals surface area contributed by atoms with Crippen molar-refractivity contribution in [3.05, 3.63) is 24.3 Å². The molecule has 1 aromatic carbocycles. The maximum absolute atomic E-state index is 12.0. The van der Waals surface area contributed by atoms with E-state index in [-0.39, 0.29) is 11.8 Å². The summed E-state index contributed by atoms with van der Waals surface area (Å²) in [7, 11) is 1.52. The quantitative estimate of drug-likeness (QED) is 0.817. The number of hydrogen-bond donors (Lipinski definition) is 1. The van der Waals surface area contributed by atoms with Gasteiger partial charge in [-0.2, -0.15) is 4.98 Å². The summed E-state index contributed by atoms with van der Waals surface area (Å²) in [4.78, 5) is 27.5. The van der Waals surface area contributed by atoms with Crippen molar-refractivity contribution in [2.45, 2.75) is 18.9 Å². The Morgan fingerprint density at radius 1 is 1.37 bits per heavy atom. The number of benzene rings is 1. The molecule has 2 heterocycles. The molecule has 2 amide bonds. The van der Waals surface area contributed by atoms with E-state index in [2.05, 4.69) is 10.3 Å². The Labute approximate surface area is 109 Å². The molecular weight excluding hydrogens is 246 g/mol. The van der Waals surface area contributed by atoms with Gasteiger partial charge in [-0.1, -0.05) is 12.1 Å². The number of hydrogen-bond acceptors (Lipinski definition) is 4. The predicted molar refractivity (Wildman–Crippen MR) is 67.7 cm³/mol. The molecule has 1 aliphatic heterocycles. The summed E-state index contributed by atoms with van der Waals surface area (Å²) >= 11 is 0. The number of ether oxygens (including phenoxy) is 1. The SMILES string of the molecule is COc1nc2ccccc2n1C1CCC(=O)NC1=O. The Morgan fingerprint density at radius 3 is 2.89 bits per heavy atom. The zero-order valence-electron chi connectivity index (χ0n) is 10.4. The molecule has 98 valence electrons. The molecule has 3 rings (SSSR count). The second kappa shape index (κ2) is 4.38. The average molecular weight is 259 g/mol. The smallest absolute Gasteiger partial charge is 0.297 e. The van der Waals surface area contributed by atoms with Crippen molar-refractivity contribution in [3.8, 4) is 6.01 Å². The molecule has 0 spiro atoms. The van der Waals surface area contributed by atoms with Gasteiger partial charge in [0.1, 0.15) is 6.04 Å².